The highest BCUT2D eigenvalue weighted by atomic mass is 32.2. The number of nitrogens with zero attached hydrogens (tertiary/aromatic N) is 1. The molecular weight excluding hydrogens is 402 g/mol. The summed E-state index contributed by atoms with van der Waals surface area (Å²) in [7, 11) is -2.15. The average Bonchev–Trinajstić information content (AvgIpc) is 2.69. The van der Waals surface area contributed by atoms with Crippen molar-refractivity contribution in [1.82, 2.24) is 10.2 Å². The van der Waals surface area contributed by atoms with Gasteiger partial charge in [0.2, 0.25) is 21.8 Å². The Bertz CT molecular complexity index is 924. The van der Waals surface area contributed by atoms with Gasteiger partial charge in [-0.3, -0.25) is 9.59 Å². The number of nitrogens with one attached hydrogen (secondary N) is 1. The lowest BCUT2D eigenvalue weighted by molar-refractivity contribution is -0.148. The van der Waals surface area contributed by atoms with Gasteiger partial charge in [-0.15, -0.1) is 0 Å². The summed E-state index contributed by atoms with van der Waals surface area (Å²) < 4.78 is 23.2. The van der Waals surface area contributed by atoms with Crippen molar-refractivity contribution < 1.29 is 18.0 Å². The van der Waals surface area contributed by atoms with Crippen molar-refractivity contribution in [1.29, 1.82) is 0 Å². The van der Waals surface area contributed by atoms with Crippen LogP contribution in [0.1, 0.15) is 57.1 Å². The summed E-state index contributed by atoms with van der Waals surface area (Å²) in [5.41, 5.74) is 0.396. The van der Waals surface area contributed by atoms with E-state index in [9.17, 15) is 18.0 Å². The molecule has 0 heterocycles. The Labute approximate surface area is 178 Å². The average molecular weight is 434 g/mol. The van der Waals surface area contributed by atoms with Gasteiger partial charge in [-0.25, -0.2) is 13.6 Å². The highest BCUT2D eigenvalue weighted by Crippen LogP contribution is 2.60. The van der Waals surface area contributed by atoms with Gasteiger partial charge in [0.15, 0.2) is 0 Å². The standard InChI is InChI=1S/C22H31N3O4S/c1-14(18-4-3-5-19(9-18)30(23,28)29)25(2)20(26)13-24-21(27)22-10-15-6-16(11-22)8-17(7-15)12-22/h3-5,9,14-17H,6-8,10-13H2,1-2H3,(H,24,27)(H2,23,28,29). The molecule has 4 bridgehead atoms. The Morgan fingerprint density at radius 2 is 1.73 bits per heavy atom. The molecule has 1 aromatic carbocycles. The van der Waals surface area contributed by atoms with Crippen LogP contribution in [0.25, 0.3) is 0 Å². The Kier molecular flexibility index (Phi) is 5.43. The number of primary sulfonamides is 1. The van der Waals surface area contributed by atoms with Gasteiger partial charge < -0.3 is 10.2 Å². The van der Waals surface area contributed by atoms with Crippen LogP contribution in [-0.2, 0) is 19.6 Å². The van der Waals surface area contributed by atoms with E-state index in [0.717, 1.165) is 19.3 Å². The Morgan fingerprint density at radius 3 is 2.27 bits per heavy atom. The Morgan fingerprint density at radius 1 is 1.17 bits per heavy atom. The fourth-order valence-electron chi connectivity index (χ4n) is 6.25. The molecule has 4 fully saturated rings. The summed E-state index contributed by atoms with van der Waals surface area (Å²) in [5.74, 6) is 1.85. The van der Waals surface area contributed by atoms with Gasteiger partial charge in [0.05, 0.1) is 17.5 Å². The van der Waals surface area contributed by atoms with Crippen LogP contribution in [0.15, 0.2) is 29.2 Å². The number of carbonyl (C=O) groups is 2. The van der Waals surface area contributed by atoms with Crippen molar-refractivity contribution in [3.63, 3.8) is 0 Å². The number of carbonyl (C=O) groups excluding carboxylic acids is 2. The van der Waals surface area contributed by atoms with E-state index in [0.29, 0.717) is 23.3 Å². The molecule has 4 aliphatic carbocycles. The van der Waals surface area contributed by atoms with Gasteiger partial charge in [-0.05, 0) is 80.9 Å². The largest absolute Gasteiger partial charge is 0.347 e. The lowest BCUT2D eigenvalue weighted by Crippen LogP contribution is -2.54. The van der Waals surface area contributed by atoms with Crippen molar-refractivity contribution >= 4 is 21.8 Å². The molecule has 3 N–H and O–H groups in total. The molecule has 2 amide bonds. The first kappa shape index (κ1) is 21.3. The van der Waals surface area contributed by atoms with E-state index < -0.39 is 10.0 Å². The minimum Gasteiger partial charge on any atom is -0.347 e. The number of rotatable bonds is 6. The first-order valence-corrected chi connectivity index (χ1v) is 12.3. The zero-order chi connectivity index (χ0) is 21.7. The molecule has 1 aromatic rings. The van der Waals surface area contributed by atoms with Gasteiger partial charge in [-0.2, -0.15) is 0 Å². The summed E-state index contributed by atoms with van der Waals surface area (Å²) >= 11 is 0. The molecule has 7 nitrogen and oxygen atoms in total. The molecule has 164 valence electrons. The van der Waals surface area contributed by atoms with E-state index >= 15 is 0 Å². The van der Waals surface area contributed by atoms with E-state index in [1.54, 1.807) is 19.2 Å². The van der Waals surface area contributed by atoms with Crippen molar-refractivity contribution in [3.05, 3.63) is 29.8 Å². The summed E-state index contributed by atoms with van der Waals surface area (Å²) in [4.78, 5) is 27.3. The van der Waals surface area contributed by atoms with E-state index in [1.165, 1.54) is 36.3 Å². The summed E-state index contributed by atoms with van der Waals surface area (Å²) in [6.07, 6.45) is 6.69. The topological polar surface area (TPSA) is 110 Å². The van der Waals surface area contributed by atoms with Crippen LogP contribution in [-0.4, -0.2) is 38.7 Å². The van der Waals surface area contributed by atoms with Crippen molar-refractivity contribution in [2.24, 2.45) is 28.3 Å². The van der Waals surface area contributed by atoms with Crippen molar-refractivity contribution in [2.45, 2.75) is 56.4 Å². The number of sulfonamides is 1. The molecule has 1 atom stereocenters. The van der Waals surface area contributed by atoms with Crippen LogP contribution < -0.4 is 10.5 Å². The highest BCUT2D eigenvalue weighted by Gasteiger charge is 2.54. The zero-order valence-corrected chi connectivity index (χ0v) is 18.5. The molecule has 0 aromatic heterocycles. The maximum Gasteiger partial charge on any atom is 0.242 e. The summed E-state index contributed by atoms with van der Waals surface area (Å²) in [5, 5.41) is 8.13. The van der Waals surface area contributed by atoms with Gasteiger partial charge >= 0.3 is 0 Å². The minimum atomic E-state index is -3.81. The number of benzene rings is 1. The molecule has 5 rings (SSSR count). The second-order valence-electron chi connectivity index (χ2n) is 9.68. The quantitative estimate of drug-likeness (QED) is 0.716. The number of hydrogen-bond donors (Lipinski definition) is 2. The third-order valence-electron chi connectivity index (χ3n) is 7.56. The lowest BCUT2D eigenvalue weighted by Gasteiger charge is -2.55. The fraction of sp³-hybridized carbons (Fsp3) is 0.636. The van der Waals surface area contributed by atoms with Gasteiger partial charge in [-0.1, -0.05) is 12.1 Å². The van der Waals surface area contributed by atoms with E-state index in [4.69, 9.17) is 5.14 Å². The number of hydrogen-bond acceptors (Lipinski definition) is 4. The smallest absolute Gasteiger partial charge is 0.242 e. The zero-order valence-electron chi connectivity index (χ0n) is 17.6. The first-order chi connectivity index (χ1) is 14.1. The van der Waals surface area contributed by atoms with Crippen molar-refractivity contribution in [2.75, 3.05) is 13.6 Å². The van der Waals surface area contributed by atoms with Gasteiger partial charge in [0.1, 0.15) is 0 Å². The van der Waals surface area contributed by atoms with E-state index in [2.05, 4.69) is 5.32 Å². The normalized spacial score (nSPS) is 30.7. The molecule has 0 aliphatic heterocycles. The molecule has 1 unspecified atom stereocenters. The molecule has 0 radical (unpaired) electrons. The maximum atomic E-state index is 13.1. The van der Waals surface area contributed by atoms with E-state index in [-0.39, 0.29) is 34.7 Å². The van der Waals surface area contributed by atoms with Gasteiger partial charge in [0, 0.05) is 12.5 Å². The third kappa shape index (κ3) is 3.99. The van der Waals surface area contributed by atoms with Crippen LogP contribution >= 0.6 is 0 Å². The Balaban J connectivity index is 1.38. The SMILES string of the molecule is CC(c1cccc(S(N)(=O)=O)c1)N(C)C(=O)CNC(=O)C12CC3CC(CC(C3)C1)C2. The molecule has 8 heteroatoms. The number of likely N-dealkylation sites (N-methyl/N-ethyl adjacent to an activating group) is 1. The molecule has 4 aliphatic rings. The number of amides is 2. The number of nitrogens with two attached hydrogens (primary N) is 1. The van der Waals surface area contributed by atoms with Crippen LogP contribution in [0.4, 0.5) is 0 Å². The lowest BCUT2D eigenvalue weighted by atomic mass is 9.49. The van der Waals surface area contributed by atoms with Crippen LogP contribution in [0.2, 0.25) is 0 Å². The summed E-state index contributed by atoms with van der Waals surface area (Å²) in [6.45, 7) is 1.78. The second kappa shape index (κ2) is 7.64. The maximum absolute atomic E-state index is 13.1. The predicted molar refractivity (Wildman–Crippen MR) is 113 cm³/mol. The molecule has 0 saturated heterocycles. The van der Waals surface area contributed by atoms with Crippen LogP contribution in [0.5, 0.6) is 0 Å². The minimum absolute atomic E-state index is 0.0165. The summed E-state index contributed by atoms with van der Waals surface area (Å²) in [6, 6.07) is 5.93. The monoisotopic (exact) mass is 433 g/mol. The van der Waals surface area contributed by atoms with E-state index in [1.807, 2.05) is 6.92 Å². The fourth-order valence-corrected chi connectivity index (χ4v) is 6.82. The molecule has 30 heavy (non-hydrogen) atoms. The van der Waals surface area contributed by atoms with Crippen molar-refractivity contribution in [3.8, 4) is 0 Å². The third-order valence-corrected chi connectivity index (χ3v) is 8.47. The van der Waals surface area contributed by atoms with Crippen LogP contribution in [0.3, 0.4) is 0 Å². The van der Waals surface area contributed by atoms with Crippen LogP contribution in [0, 0.1) is 23.2 Å². The molecule has 4 saturated carbocycles. The van der Waals surface area contributed by atoms with Gasteiger partial charge in [0.25, 0.3) is 0 Å². The first-order valence-electron chi connectivity index (χ1n) is 10.7. The Hall–Kier alpha value is -1.93. The predicted octanol–water partition coefficient (Wildman–Crippen LogP) is 2.19. The second-order valence-corrected chi connectivity index (χ2v) is 11.2. The molecular formula is C22H31N3O4S. The highest BCUT2D eigenvalue weighted by molar-refractivity contribution is 7.89. The molecule has 0 spiro atoms.